The van der Waals surface area contributed by atoms with E-state index in [0.717, 1.165) is 38.6 Å². The highest BCUT2D eigenvalue weighted by Gasteiger charge is 2.10. The zero-order valence-corrected chi connectivity index (χ0v) is 12.3. The Kier molecular flexibility index (Phi) is 9.58. The summed E-state index contributed by atoms with van der Waals surface area (Å²) in [6, 6.07) is 0.0560. The van der Waals surface area contributed by atoms with Gasteiger partial charge in [0.05, 0.1) is 6.42 Å². The third kappa shape index (κ3) is 9.56. The number of hydrogen-bond donors (Lipinski definition) is 2. The van der Waals surface area contributed by atoms with Gasteiger partial charge in [0.25, 0.3) is 0 Å². The fourth-order valence-corrected chi connectivity index (χ4v) is 2.24. The van der Waals surface area contributed by atoms with Crippen molar-refractivity contribution in [3.63, 3.8) is 0 Å². The summed E-state index contributed by atoms with van der Waals surface area (Å²) in [5, 5.41) is 12.3. The highest BCUT2D eigenvalue weighted by Crippen LogP contribution is 2.05. The Morgan fingerprint density at radius 2 is 1.70 bits per heavy atom. The molecule has 1 unspecified atom stereocenters. The average Bonchev–Trinajstić information content (AvgIpc) is 2.40. The van der Waals surface area contributed by atoms with E-state index in [1.54, 1.807) is 0 Å². The van der Waals surface area contributed by atoms with E-state index >= 15 is 0 Å². The van der Waals surface area contributed by atoms with E-state index in [1.807, 2.05) is 0 Å². The van der Waals surface area contributed by atoms with Crippen molar-refractivity contribution < 1.29 is 9.90 Å². The van der Waals surface area contributed by atoms with Gasteiger partial charge in [-0.2, -0.15) is 0 Å². The van der Waals surface area contributed by atoms with Gasteiger partial charge in [0, 0.05) is 6.04 Å². The largest absolute Gasteiger partial charge is 0.481 e. The topological polar surface area (TPSA) is 49.3 Å². The van der Waals surface area contributed by atoms with Crippen LogP contribution in [0.3, 0.4) is 0 Å². The molecular weight excluding hydrogens is 250 g/mol. The van der Waals surface area contributed by atoms with Crippen molar-refractivity contribution in [3.8, 4) is 0 Å². The molecule has 0 aliphatic carbocycles. The third-order valence-corrected chi connectivity index (χ3v) is 3.37. The Morgan fingerprint density at radius 1 is 1.00 bits per heavy atom. The zero-order chi connectivity index (χ0) is 14.5. The lowest BCUT2D eigenvalue weighted by Crippen LogP contribution is -2.31. The Morgan fingerprint density at radius 3 is 2.45 bits per heavy atom. The van der Waals surface area contributed by atoms with Crippen LogP contribution in [0.25, 0.3) is 0 Å². The van der Waals surface area contributed by atoms with Crippen LogP contribution in [-0.2, 0) is 4.79 Å². The number of carbonyl (C=O) groups is 1. The van der Waals surface area contributed by atoms with Crippen LogP contribution in [0.1, 0.15) is 51.4 Å². The number of hydrogen-bond acceptors (Lipinski definition) is 2. The van der Waals surface area contributed by atoms with Crippen molar-refractivity contribution in [2.45, 2.75) is 57.4 Å². The molecule has 0 radical (unpaired) electrons. The van der Waals surface area contributed by atoms with Crippen LogP contribution in [0, 0.1) is 0 Å². The molecule has 1 aliphatic heterocycles. The molecule has 0 bridgehead atoms. The Bertz CT molecular complexity index is 345. The van der Waals surface area contributed by atoms with Gasteiger partial charge in [-0.3, -0.25) is 4.79 Å². The van der Waals surface area contributed by atoms with E-state index in [0.29, 0.717) is 0 Å². The molecule has 20 heavy (non-hydrogen) atoms. The summed E-state index contributed by atoms with van der Waals surface area (Å²) in [6.45, 7) is 0.912. The summed E-state index contributed by atoms with van der Waals surface area (Å²) >= 11 is 0. The minimum absolute atomic E-state index is 0.0560. The molecular formula is C17H27NO2. The van der Waals surface area contributed by atoms with Crippen molar-refractivity contribution in [3.05, 3.63) is 36.5 Å². The molecule has 0 saturated heterocycles. The number of carboxylic acids is 1. The lowest BCUT2D eigenvalue weighted by atomic mass is 10.1. The van der Waals surface area contributed by atoms with Crippen molar-refractivity contribution in [2.24, 2.45) is 0 Å². The van der Waals surface area contributed by atoms with Gasteiger partial charge in [0.2, 0.25) is 0 Å². The van der Waals surface area contributed by atoms with Crippen LogP contribution in [0.4, 0.5) is 0 Å². The zero-order valence-electron chi connectivity index (χ0n) is 12.3. The van der Waals surface area contributed by atoms with Crippen LogP contribution >= 0.6 is 0 Å². The van der Waals surface area contributed by atoms with Gasteiger partial charge < -0.3 is 10.4 Å². The first kappa shape index (κ1) is 16.7. The van der Waals surface area contributed by atoms with Crippen molar-refractivity contribution in [1.29, 1.82) is 0 Å². The van der Waals surface area contributed by atoms with E-state index < -0.39 is 5.97 Å². The maximum atomic E-state index is 10.8. The first-order valence-corrected chi connectivity index (χ1v) is 7.69. The third-order valence-electron chi connectivity index (χ3n) is 3.37. The number of allylic oxidation sites excluding steroid dienone is 5. The van der Waals surface area contributed by atoms with E-state index in [9.17, 15) is 4.79 Å². The molecule has 112 valence electrons. The van der Waals surface area contributed by atoms with Crippen molar-refractivity contribution in [2.75, 3.05) is 6.54 Å². The lowest BCUT2D eigenvalue weighted by Gasteiger charge is -2.15. The van der Waals surface area contributed by atoms with Crippen LogP contribution in [0.2, 0.25) is 0 Å². The molecule has 0 saturated carbocycles. The van der Waals surface area contributed by atoms with E-state index in [1.165, 1.54) is 12.8 Å². The molecule has 1 rings (SSSR count). The summed E-state index contributed by atoms with van der Waals surface area (Å²) < 4.78 is 0. The molecule has 3 heteroatoms. The van der Waals surface area contributed by atoms with E-state index in [4.69, 9.17) is 5.11 Å². The Hall–Kier alpha value is -1.35. The van der Waals surface area contributed by atoms with Crippen molar-refractivity contribution >= 4 is 5.97 Å². The second kappa shape index (κ2) is 11.5. The molecule has 2 N–H and O–H groups in total. The molecule has 0 aromatic carbocycles. The first-order valence-electron chi connectivity index (χ1n) is 7.69. The van der Waals surface area contributed by atoms with Gasteiger partial charge in [-0.15, -0.1) is 0 Å². The number of aliphatic carboxylic acids is 1. The van der Waals surface area contributed by atoms with Crippen LogP contribution < -0.4 is 5.32 Å². The number of carboxylic acid groups (broad SMARTS) is 1. The fourth-order valence-electron chi connectivity index (χ4n) is 2.24. The fraction of sp³-hybridized carbons (Fsp3) is 0.588. The highest BCUT2D eigenvalue weighted by molar-refractivity contribution is 5.67. The summed E-state index contributed by atoms with van der Waals surface area (Å²) in [4.78, 5) is 10.8. The monoisotopic (exact) mass is 277 g/mol. The first-order chi connectivity index (χ1) is 9.79. The standard InChI is InChI=1S/C17H27NO2/c19-17(20)15-16-13-11-9-7-5-3-1-2-4-6-8-10-12-14-18-16/h2-5,9,11,16,18H,1,6-8,10,12-15H2,(H,19,20)/b4-2+,5-3+,11-9+. The van der Waals surface area contributed by atoms with Crippen LogP contribution in [0.5, 0.6) is 0 Å². The molecule has 3 nitrogen and oxygen atoms in total. The van der Waals surface area contributed by atoms with Gasteiger partial charge in [-0.1, -0.05) is 42.9 Å². The summed E-state index contributed by atoms with van der Waals surface area (Å²) in [7, 11) is 0. The second-order valence-corrected chi connectivity index (χ2v) is 5.22. The predicted octanol–water partition coefficient (Wildman–Crippen LogP) is 3.83. The molecule has 0 spiro atoms. The molecule has 1 aliphatic rings. The van der Waals surface area contributed by atoms with E-state index in [-0.39, 0.29) is 12.5 Å². The Labute approximate surface area is 122 Å². The summed E-state index contributed by atoms with van der Waals surface area (Å²) in [5.41, 5.74) is 0. The number of rotatable bonds is 2. The molecule has 0 aromatic rings. The maximum absolute atomic E-state index is 10.8. The van der Waals surface area contributed by atoms with Gasteiger partial charge in [-0.05, 0) is 45.1 Å². The average molecular weight is 277 g/mol. The minimum Gasteiger partial charge on any atom is -0.481 e. The number of nitrogens with one attached hydrogen (secondary N) is 1. The SMILES string of the molecule is O=C(O)CC1C/C=C/C/C=C/C/C=C/CCCCCN1. The highest BCUT2D eigenvalue weighted by atomic mass is 16.4. The summed E-state index contributed by atoms with van der Waals surface area (Å²) in [5.74, 6) is -0.727. The molecule has 0 fully saturated rings. The van der Waals surface area contributed by atoms with Gasteiger partial charge >= 0.3 is 5.97 Å². The van der Waals surface area contributed by atoms with Crippen LogP contribution in [0.15, 0.2) is 36.5 Å². The second-order valence-electron chi connectivity index (χ2n) is 5.22. The molecule has 0 aromatic heterocycles. The quantitative estimate of drug-likeness (QED) is 0.754. The molecule has 0 amide bonds. The van der Waals surface area contributed by atoms with Gasteiger partial charge in [-0.25, -0.2) is 0 Å². The maximum Gasteiger partial charge on any atom is 0.304 e. The Balaban J connectivity index is 2.44. The predicted molar refractivity (Wildman–Crippen MR) is 83.8 cm³/mol. The minimum atomic E-state index is -0.727. The smallest absolute Gasteiger partial charge is 0.304 e. The molecule has 1 atom stereocenters. The lowest BCUT2D eigenvalue weighted by molar-refractivity contribution is -0.137. The van der Waals surface area contributed by atoms with Crippen molar-refractivity contribution in [1.82, 2.24) is 5.32 Å². The van der Waals surface area contributed by atoms with Gasteiger partial charge in [0.1, 0.15) is 0 Å². The molecule has 1 heterocycles. The van der Waals surface area contributed by atoms with Crippen LogP contribution in [-0.4, -0.2) is 23.7 Å². The normalized spacial score (nSPS) is 27.5. The summed E-state index contributed by atoms with van der Waals surface area (Å²) in [6.07, 6.45) is 20.6. The van der Waals surface area contributed by atoms with E-state index in [2.05, 4.69) is 41.8 Å². The van der Waals surface area contributed by atoms with Gasteiger partial charge in [0.15, 0.2) is 0 Å².